The van der Waals surface area contributed by atoms with Crippen LogP contribution in [0.5, 0.6) is 5.75 Å². The Balaban J connectivity index is 1.34. The number of aryl methyl sites for hydroxylation is 1. The van der Waals surface area contributed by atoms with E-state index in [0.29, 0.717) is 22.2 Å². The van der Waals surface area contributed by atoms with Crippen LogP contribution in [0.3, 0.4) is 0 Å². The molecule has 41 heavy (non-hydrogen) atoms. The van der Waals surface area contributed by atoms with Crippen LogP contribution < -0.4 is 25.6 Å². The van der Waals surface area contributed by atoms with Crippen molar-refractivity contribution >= 4 is 76.2 Å². The number of anilines is 5. The quantitative estimate of drug-likeness (QED) is 0.185. The first-order valence-electron chi connectivity index (χ1n) is 14.1. The number of hydrogen-bond donors (Lipinski definition) is 2. The van der Waals surface area contributed by atoms with Crippen LogP contribution in [0.4, 0.5) is 28.8 Å². The lowest BCUT2D eigenvalue weighted by Gasteiger charge is -2.47. The van der Waals surface area contributed by atoms with E-state index >= 15 is 0 Å². The van der Waals surface area contributed by atoms with E-state index in [9.17, 15) is 0 Å². The van der Waals surface area contributed by atoms with Crippen LogP contribution in [0, 0.1) is 12.3 Å². The summed E-state index contributed by atoms with van der Waals surface area (Å²) in [4.78, 5) is 14.2. The Bertz CT molecular complexity index is 1380. The molecule has 2 aliphatic heterocycles. The lowest BCUT2D eigenvalue weighted by Crippen LogP contribution is -2.46. The van der Waals surface area contributed by atoms with Gasteiger partial charge in [0.15, 0.2) is 36.3 Å². The highest BCUT2D eigenvalue weighted by atomic mass is 127. The molecule has 3 aromatic rings. The van der Waals surface area contributed by atoms with Gasteiger partial charge in [0.05, 0.1) is 38.0 Å². The van der Waals surface area contributed by atoms with Crippen molar-refractivity contribution in [3.8, 4) is 5.75 Å². The average molecular weight is 710 g/mol. The minimum Gasteiger partial charge on any atom is -0.494 e. The zero-order valence-electron chi connectivity index (χ0n) is 24.5. The van der Waals surface area contributed by atoms with Crippen molar-refractivity contribution in [1.82, 2.24) is 14.9 Å². The molecule has 0 aliphatic carbocycles. The number of ether oxygens (including phenoxy) is 1. The van der Waals surface area contributed by atoms with Gasteiger partial charge in [-0.3, -0.25) is 0 Å². The van der Waals surface area contributed by atoms with Crippen LogP contribution >= 0.6 is 42.1 Å². The molecule has 1 spiro atoms. The summed E-state index contributed by atoms with van der Waals surface area (Å²) in [6.45, 7) is 11.0. The van der Waals surface area contributed by atoms with E-state index in [4.69, 9.17) is 24.2 Å². The number of rotatable bonds is 8. The summed E-state index contributed by atoms with van der Waals surface area (Å²) >= 11 is 8.51. The molecule has 2 aromatic carbocycles. The summed E-state index contributed by atoms with van der Waals surface area (Å²) in [6, 6.07) is 12.4. The van der Waals surface area contributed by atoms with Crippen LogP contribution in [0.1, 0.15) is 31.2 Å². The molecular formula is C30H40ClIN6O2P+. The lowest BCUT2D eigenvalue weighted by molar-refractivity contribution is 0.0944. The lowest BCUT2D eigenvalue weighted by atomic mass is 9.71. The van der Waals surface area contributed by atoms with E-state index < -0.39 is 7.49 Å². The molecule has 11 heteroatoms. The van der Waals surface area contributed by atoms with Gasteiger partial charge in [-0.25, -0.2) is 4.98 Å². The molecule has 0 atom stereocenters. The van der Waals surface area contributed by atoms with Crippen LogP contribution in [-0.4, -0.2) is 68.5 Å². The first-order chi connectivity index (χ1) is 19.6. The van der Waals surface area contributed by atoms with Gasteiger partial charge in [0, 0.05) is 24.8 Å². The van der Waals surface area contributed by atoms with Crippen molar-refractivity contribution in [3.05, 3.63) is 53.2 Å². The number of halogens is 2. The second-order valence-corrected chi connectivity index (χ2v) is 16.6. The highest BCUT2D eigenvalue weighted by Gasteiger charge is 2.37. The molecular weight excluding hydrogens is 670 g/mol. The highest BCUT2D eigenvalue weighted by molar-refractivity contribution is 14.1. The van der Waals surface area contributed by atoms with E-state index in [2.05, 4.69) is 70.9 Å². The molecule has 0 saturated carbocycles. The van der Waals surface area contributed by atoms with E-state index in [0.717, 1.165) is 35.5 Å². The Morgan fingerprint density at radius 1 is 1.00 bits per heavy atom. The number of methoxy groups -OCH3 is 1. The topological polar surface area (TPSA) is 74.8 Å². The molecule has 220 valence electrons. The smallest absolute Gasteiger partial charge is 0.229 e. The Morgan fingerprint density at radius 2 is 1.68 bits per heavy atom. The van der Waals surface area contributed by atoms with Gasteiger partial charge in [-0.1, -0.05) is 23.7 Å². The minimum absolute atomic E-state index is 0.432. The van der Waals surface area contributed by atoms with Gasteiger partial charge < -0.3 is 25.2 Å². The molecule has 2 fully saturated rings. The maximum atomic E-state index is 6.53. The molecule has 8 nitrogen and oxygen atoms in total. The van der Waals surface area contributed by atoms with Gasteiger partial charge in [-0.2, -0.15) is 7.84 Å². The van der Waals surface area contributed by atoms with Crippen molar-refractivity contribution in [2.24, 2.45) is 5.41 Å². The van der Waals surface area contributed by atoms with E-state index in [1.165, 1.54) is 50.0 Å². The number of nitrogens with one attached hydrogen (secondary N) is 2. The summed E-state index contributed by atoms with van der Waals surface area (Å²) in [5.41, 5.74) is 4.67. The molecule has 0 bridgehead atoms. The zero-order valence-corrected chi connectivity index (χ0v) is 28.3. The fourth-order valence-electron chi connectivity index (χ4n) is 5.95. The molecule has 2 aliphatic rings. The first kappa shape index (κ1) is 30.5. The maximum Gasteiger partial charge on any atom is 0.229 e. The third-order valence-corrected chi connectivity index (χ3v) is 13.8. The van der Waals surface area contributed by atoms with Crippen LogP contribution in [0.25, 0.3) is 0 Å². The molecule has 0 unspecified atom stereocenters. The van der Waals surface area contributed by atoms with Gasteiger partial charge in [0.1, 0.15) is 16.1 Å². The third-order valence-electron chi connectivity index (χ3n) is 8.63. The van der Waals surface area contributed by atoms with Crippen molar-refractivity contribution in [3.63, 3.8) is 0 Å². The van der Waals surface area contributed by atoms with Gasteiger partial charge in [-0.15, -0.1) is 0 Å². The number of benzene rings is 2. The van der Waals surface area contributed by atoms with Crippen molar-refractivity contribution in [1.29, 1.82) is 0 Å². The summed E-state index contributed by atoms with van der Waals surface area (Å²) in [6.07, 6.45) is 6.75. The normalized spacial score (nSPS) is 17.5. The molecule has 0 amide bonds. The van der Waals surface area contributed by atoms with Crippen LogP contribution in [0.2, 0.25) is 5.02 Å². The Kier molecular flexibility index (Phi) is 9.50. The Morgan fingerprint density at radius 3 is 2.37 bits per heavy atom. The standard InChI is InChI=1S/C30H40ClIN6O2P/c1-21-18-24(26(39-3)19-25(21)38-16-12-30(13-17-38)10-14-37(2)15-11-30)35-29-33-20-22(31)28(36-29)34-23-8-6-7-9-27(23)41(4,5)40-32/h6-9,18-20H,10-17H2,1-5H3,(H2,33,34,35,36)/q+1. The third kappa shape index (κ3) is 6.85. The minimum atomic E-state index is -1.78. The highest BCUT2D eigenvalue weighted by Crippen LogP contribution is 2.55. The molecule has 2 saturated heterocycles. The predicted octanol–water partition coefficient (Wildman–Crippen LogP) is 7.43. The number of likely N-dealkylation sites (tertiary alicyclic amines) is 1. The zero-order chi connectivity index (χ0) is 29.2. The molecule has 5 rings (SSSR count). The molecule has 0 radical (unpaired) electrons. The molecule has 3 heterocycles. The summed E-state index contributed by atoms with van der Waals surface area (Å²) in [5.74, 6) is 1.71. The molecule has 2 N–H and O–H groups in total. The number of hydrogen-bond acceptors (Lipinski definition) is 8. The fourth-order valence-corrected chi connectivity index (χ4v) is 7.95. The van der Waals surface area contributed by atoms with Crippen molar-refractivity contribution in [2.45, 2.75) is 32.6 Å². The first-order valence-corrected chi connectivity index (χ1v) is 17.9. The van der Waals surface area contributed by atoms with E-state index in [-0.39, 0.29) is 0 Å². The number of piperidine rings is 2. The van der Waals surface area contributed by atoms with Crippen LogP contribution in [-0.2, 0) is 2.85 Å². The van der Waals surface area contributed by atoms with Gasteiger partial charge in [-0.05, 0) is 81.9 Å². The van der Waals surface area contributed by atoms with Crippen molar-refractivity contribution < 1.29 is 7.59 Å². The van der Waals surface area contributed by atoms with Crippen molar-refractivity contribution in [2.75, 3.05) is 69.2 Å². The fraction of sp³-hybridized carbons (Fsp3) is 0.467. The number of aromatic nitrogens is 2. The van der Waals surface area contributed by atoms with Crippen LogP contribution in [0.15, 0.2) is 42.6 Å². The van der Waals surface area contributed by atoms with Gasteiger partial charge in [0.25, 0.3) is 0 Å². The van der Waals surface area contributed by atoms with E-state index in [1.54, 1.807) is 13.3 Å². The predicted molar refractivity (Wildman–Crippen MR) is 182 cm³/mol. The summed E-state index contributed by atoms with van der Waals surface area (Å²) < 4.78 is 11.6. The van der Waals surface area contributed by atoms with E-state index in [1.807, 2.05) is 41.2 Å². The summed E-state index contributed by atoms with van der Waals surface area (Å²) in [5, 5.41) is 8.31. The Hall–Kier alpha value is -1.91. The summed E-state index contributed by atoms with van der Waals surface area (Å²) in [7, 11) is 2.17. The van der Waals surface area contributed by atoms with Gasteiger partial charge >= 0.3 is 0 Å². The SMILES string of the molecule is COc1cc(N2CCC3(CCN(C)CC3)CC2)c(C)cc1Nc1ncc(Cl)c(Nc2ccccc2[P+](C)(C)OI)n1. The molecule has 1 aromatic heterocycles. The Labute approximate surface area is 263 Å². The average Bonchev–Trinajstić information content (AvgIpc) is 2.97. The second-order valence-electron chi connectivity index (χ2n) is 11.7. The maximum absolute atomic E-state index is 6.53. The number of nitrogens with zero attached hydrogens (tertiary/aromatic N) is 4. The number of para-hydroxylation sites is 1. The largest absolute Gasteiger partial charge is 0.494 e. The van der Waals surface area contributed by atoms with Gasteiger partial charge in [0.2, 0.25) is 5.95 Å². The monoisotopic (exact) mass is 709 g/mol. The second kappa shape index (κ2) is 12.8.